The highest BCUT2D eigenvalue weighted by molar-refractivity contribution is 7.80. The summed E-state index contributed by atoms with van der Waals surface area (Å²) in [6, 6.07) is 13.8. The Labute approximate surface area is 170 Å². The molecule has 0 saturated carbocycles. The minimum Gasteiger partial charge on any atom is -0.493 e. The lowest BCUT2D eigenvalue weighted by molar-refractivity contribution is -0.122. The summed E-state index contributed by atoms with van der Waals surface area (Å²) in [7, 11) is 1.60. The third-order valence-corrected chi connectivity index (χ3v) is 4.75. The zero-order valence-electron chi connectivity index (χ0n) is 16.3. The van der Waals surface area contributed by atoms with Gasteiger partial charge in [-0.25, -0.2) is 0 Å². The van der Waals surface area contributed by atoms with E-state index in [0.717, 1.165) is 17.5 Å². The first-order chi connectivity index (χ1) is 13.5. The van der Waals surface area contributed by atoms with Crippen LogP contribution in [0.5, 0.6) is 11.5 Å². The van der Waals surface area contributed by atoms with Crippen LogP contribution in [0.2, 0.25) is 0 Å². The van der Waals surface area contributed by atoms with Crippen molar-refractivity contribution in [2.75, 3.05) is 13.7 Å². The second-order valence-electron chi connectivity index (χ2n) is 6.63. The molecule has 0 aromatic heterocycles. The van der Waals surface area contributed by atoms with Crippen LogP contribution in [0.1, 0.15) is 30.0 Å². The number of carbonyl (C=O) groups is 1. The molecule has 1 saturated heterocycles. The summed E-state index contributed by atoms with van der Waals surface area (Å²) in [6.07, 6.45) is 2.62. The van der Waals surface area contributed by atoms with Crippen LogP contribution < -0.4 is 14.8 Å². The predicted octanol–water partition coefficient (Wildman–Crippen LogP) is 4.05. The van der Waals surface area contributed by atoms with E-state index in [1.54, 1.807) is 18.1 Å². The molecule has 0 radical (unpaired) electrons. The van der Waals surface area contributed by atoms with E-state index in [2.05, 4.69) is 24.4 Å². The highest BCUT2D eigenvalue weighted by Gasteiger charge is 2.29. The number of rotatable bonds is 7. The average Bonchev–Trinajstić information content (AvgIpc) is 2.96. The van der Waals surface area contributed by atoms with Crippen molar-refractivity contribution in [1.82, 2.24) is 10.2 Å². The molecule has 0 bridgehead atoms. The zero-order chi connectivity index (χ0) is 20.1. The summed E-state index contributed by atoms with van der Waals surface area (Å²) in [4.78, 5) is 14.0. The molecule has 1 fully saturated rings. The number of aryl methyl sites for hydroxylation is 1. The fraction of sp³-hybridized carbons (Fsp3) is 0.273. The summed E-state index contributed by atoms with van der Waals surface area (Å²) in [5, 5.41) is 3.43. The second-order valence-corrected chi connectivity index (χ2v) is 7.02. The van der Waals surface area contributed by atoms with Crippen molar-refractivity contribution in [3.63, 3.8) is 0 Å². The van der Waals surface area contributed by atoms with Gasteiger partial charge in [-0.2, -0.15) is 0 Å². The van der Waals surface area contributed by atoms with Crippen LogP contribution in [0, 0.1) is 6.92 Å². The van der Waals surface area contributed by atoms with Gasteiger partial charge in [0.1, 0.15) is 12.3 Å². The fourth-order valence-corrected chi connectivity index (χ4v) is 3.19. The van der Waals surface area contributed by atoms with Gasteiger partial charge in [-0.1, -0.05) is 42.8 Å². The molecule has 146 valence electrons. The van der Waals surface area contributed by atoms with Crippen molar-refractivity contribution in [2.24, 2.45) is 0 Å². The maximum Gasteiger partial charge on any atom is 0.276 e. The Balaban J connectivity index is 1.75. The highest BCUT2D eigenvalue weighted by atomic mass is 32.1. The first-order valence-corrected chi connectivity index (χ1v) is 9.63. The zero-order valence-corrected chi connectivity index (χ0v) is 17.1. The standard InChI is InChI=1S/C22H24N2O3S/c1-4-11-24-21(25)18(23-22(24)28)12-17-9-10-19(20(13-17)26-3)27-14-16-7-5-15(2)6-8-16/h5-10,12-13H,4,11,14H2,1-3H3,(H,23,28)/b18-12-. The van der Waals surface area contributed by atoms with Crippen LogP contribution in [0.4, 0.5) is 0 Å². The van der Waals surface area contributed by atoms with E-state index in [1.165, 1.54) is 5.56 Å². The Morgan fingerprint density at radius 1 is 1.14 bits per heavy atom. The number of ether oxygens (including phenoxy) is 2. The fourth-order valence-electron chi connectivity index (χ4n) is 2.90. The van der Waals surface area contributed by atoms with Crippen LogP contribution in [-0.2, 0) is 11.4 Å². The summed E-state index contributed by atoms with van der Waals surface area (Å²) in [6.45, 7) is 5.13. The van der Waals surface area contributed by atoms with Crippen molar-refractivity contribution in [2.45, 2.75) is 26.9 Å². The molecule has 1 amide bonds. The van der Waals surface area contributed by atoms with Crippen molar-refractivity contribution in [3.05, 3.63) is 64.9 Å². The quantitative estimate of drug-likeness (QED) is 0.565. The molecule has 6 heteroatoms. The normalized spacial score (nSPS) is 15.1. The van der Waals surface area contributed by atoms with Crippen LogP contribution in [0.15, 0.2) is 48.2 Å². The third kappa shape index (κ3) is 4.51. The van der Waals surface area contributed by atoms with Crippen LogP contribution >= 0.6 is 12.2 Å². The summed E-state index contributed by atoms with van der Waals surface area (Å²) < 4.78 is 11.4. The van der Waals surface area contributed by atoms with Crippen LogP contribution in [-0.4, -0.2) is 29.6 Å². The number of carbonyl (C=O) groups excluding carboxylic acids is 1. The lowest BCUT2D eigenvalue weighted by Gasteiger charge is -2.12. The van der Waals surface area contributed by atoms with Gasteiger partial charge >= 0.3 is 0 Å². The molecule has 5 nitrogen and oxygen atoms in total. The third-order valence-electron chi connectivity index (χ3n) is 4.42. The Bertz CT molecular complexity index is 906. The van der Waals surface area contributed by atoms with Crippen molar-refractivity contribution in [3.8, 4) is 11.5 Å². The molecule has 2 aromatic carbocycles. The minimum atomic E-state index is -0.106. The lowest BCUT2D eigenvalue weighted by Crippen LogP contribution is -2.31. The van der Waals surface area contributed by atoms with E-state index in [4.69, 9.17) is 21.7 Å². The molecule has 3 rings (SSSR count). The van der Waals surface area contributed by atoms with Gasteiger partial charge in [-0.3, -0.25) is 9.69 Å². The number of nitrogens with one attached hydrogen (secondary N) is 1. The minimum absolute atomic E-state index is 0.106. The van der Waals surface area contributed by atoms with E-state index in [-0.39, 0.29) is 5.91 Å². The van der Waals surface area contributed by atoms with Gasteiger partial charge in [0.15, 0.2) is 16.6 Å². The van der Waals surface area contributed by atoms with Gasteiger partial charge in [0.05, 0.1) is 7.11 Å². The van der Waals surface area contributed by atoms with Gasteiger partial charge in [-0.15, -0.1) is 0 Å². The SMILES string of the molecule is CCCN1C(=O)/C(=C/c2ccc(OCc3ccc(C)cc3)c(OC)c2)NC1=S. The molecular weight excluding hydrogens is 372 g/mol. The molecule has 1 N–H and O–H groups in total. The molecule has 0 atom stereocenters. The first-order valence-electron chi connectivity index (χ1n) is 9.22. The number of nitrogens with zero attached hydrogens (tertiary/aromatic N) is 1. The van der Waals surface area contributed by atoms with Gasteiger partial charge in [-0.05, 0) is 54.9 Å². The summed E-state index contributed by atoms with van der Waals surface area (Å²) >= 11 is 5.24. The van der Waals surface area contributed by atoms with Gasteiger partial charge in [0.25, 0.3) is 5.91 Å². The van der Waals surface area contributed by atoms with E-state index in [1.807, 2.05) is 37.3 Å². The second kappa shape index (κ2) is 8.89. The molecule has 0 unspecified atom stereocenters. The van der Waals surface area contributed by atoms with Crippen molar-refractivity contribution in [1.29, 1.82) is 0 Å². The number of hydrogen-bond acceptors (Lipinski definition) is 4. The Kier molecular flexibility index (Phi) is 6.31. The van der Waals surface area contributed by atoms with Crippen molar-refractivity contribution < 1.29 is 14.3 Å². The van der Waals surface area contributed by atoms with Crippen molar-refractivity contribution >= 4 is 29.3 Å². The first kappa shape index (κ1) is 19.9. The molecule has 0 aliphatic carbocycles. The molecule has 0 spiro atoms. The maximum atomic E-state index is 12.5. The summed E-state index contributed by atoms with van der Waals surface area (Å²) in [5.41, 5.74) is 3.60. The number of thiocarbonyl (C=S) groups is 1. The number of hydrogen-bond donors (Lipinski definition) is 1. The lowest BCUT2D eigenvalue weighted by atomic mass is 10.1. The molecule has 1 aliphatic heterocycles. The van der Waals surface area contributed by atoms with E-state index in [9.17, 15) is 4.79 Å². The van der Waals surface area contributed by atoms with E-state index in [0.29, 0.717) is 35.5 Å². The van der Waals surface area contributed by atoms with Crippen LogP contribution in [0.25, 0.3) is 6.08 Å². The Morgan fingerprint density at radius 2 is 1.89 bits per heavy atom. The molecule has 1 heterocycles. The number of methoxy groups -OCH3 is 1. The maximum absolute atomic E-state index is 12.5. The van der Waals surface area contributed by atoms with Gasteiger partial charge in [0.2, 0.25) is 0 Å². The molecular formula is C22H24N2O3S. The predicted molar refractivity (Wildman–Crippen MR) is 114 cm³/mol. The monoisotopic (exact) mass is 396 g/mol. The average molecular weight is 397 g/mol. The van der Waals surface area contributed by atoms with E-state index >= 15 is 0 Å². The van der Waals surface area contributed by atoms with Gasteiger partial charge < -0.3 is 14.8 Å². The number of amides is 1. The topological polar surface area (TPSA) is 50.8 Å². The largest absolute Gasteiger partial charge is 0.493 e. The summed E-state index contributed by atoms with van der Waals surface area (Å²) in [5.74, 6) is 1.16. The molecule has 28 heavy (non-hydrogen) atoms. The molecule has 2 aromatic rings. The Hall–Kier alpha value is -2.86. The van der Waals surface area contributed by atoms with Gasteiger partial charge in [0, 0.05) is 6.54 Å². The number of benzene rings is 2. The molecule has 1 aliphatic rings. The van der Waals surface area contributed by atoms with Crippen LogP contribution in [0.3, 0.4) is 0 Å². The van der Waals surface area contributed by atoms with E-state index < -0.39 is 0 Å². The highest BCUT2D eigenvalue weighted by Crippen LogP contribution is 2.30. The Morgan fingerprint density at radius 3 is 2.57 bits per heavy atom. The smallest absolute Gasteiger partial charge is 0.276 e.